The number of nitro groups is 1. The van der Waals surface area contributed by atoms with E-state index in [2.05, 4.69) is 4.74 Å². The van der Waals surface area contributed by atoms with Crippen LogP contribution in [0, 0.1) is 10.1 Å². The number of nitrogens with zero attached hydrogens (tertiary/aromatic N) is 1. The number of carboxylic acid groups (broad SMARTS) is 1. The summed E-state index contributed by atoms with van der Waals surface area (Å²) < 4.78 is 66.0. The number of hydrogen-bond acceptors (Lipinski definition) is 4. The number of carboxylic acids is 1. The molecule has 0 atom stereocenters. The summed E-state index contributed by atoms with van der Waals surface area (Å²) >= 11 is 0. The zero-order valence-corrected chi connectivity index (χ0v) is 9.15. The fourth-order valence-corrected chi connectivity index (χ4v) is 1.10. The average molecular weight is 301 g/mol. The first-order valence-electron chi connectivity index (χ1n) is 4.61. The fraction of sp³-hybridized carbons (Fsp3) is 0.222. The summed E-state index contributed by atoms with van der Waals surface area (Å²) in [7, 11) is 0. The number of benzene rings is 1. The third-order valence-corrected chi connectivity index (χ3v) is 1.97. The van der Waals surface area contributed by atoms with Crippen molar-refractivity contribution < 1.29 is 41.5 Å². The molecule has 0 amide bonds. The van der Waals surface area contributed by atoms with Gasteiger partial charge in [-0.3, -0.25) is 10.1 Å². The Bertz CT molecular complexity index is 556. The predicted molar refractivity (Wildman–Crippen MR) is 51.3 cm³/mol. The molecular weight excluding hydrogens is 297 g/mol. The molecule has 110 valence electrons. The highest BCUT2D eigenvalue weighted by Gasteiger charge is 2.44. The van der Waals surface area contributed by atoms with Crippen molar-refractivity contribution in [2.24, 2.45) is 0 Å². The van der Waals surface area contributed by atoms with E-state index in [0.717, 1.165) is 0 Å². The summed E-state index contributed by atoms with van der Waals surface area (Å²) in [5.74, 6) is -4.04. The van der Waals surface area contributed by atoms with Gasteiger partial charge in [-0.1, -0.05) is 0 Å². The highest BCUT2D eigenvalue weighted by molar-refractivity contribution is 5.74. The van der Waals surface area contributed by atoms with Crippen molar-refractivity contribution in [3.05, 3.63) is 33.9 Å². The summed E-state index contributed by atoms with van der Waals surface area (Å²) in [4.78, 5) is 19.2. The summed E-state index contributed by atoms with van der Waals surface area (Å²) in [6, 6.07) is 0.464. The van der Waals surface area contributed by atoms with E-state index >= 15 is 0 Å². The second-order valence-electron chi connectivity index (χ2n) is 3.36. The van der Waals surface area contributed by atoms with Crippen LogP contribution in [0.1, 0.15) is 5.56 Å². The van der Waals surface area contributed by atoms with Gasteiger partial charge in [-0.2, -0.15) is 22.0 Å². The number of hydrogen-bond donors (Lipinski definition) is 1. The summed E-state index contributed by atoms with van der Waals surface area (Å²) in [6.45, 7) is 0. The van der Waals surface area contributed by atoms with Gasteiger partial charge in [-0.15, -0.1) is 0 Å². The quantitative estimate of drug-likeness (QED) is 0.524. The molecule has 0 aliphatic rings. The zero-order valence-electron chi connectivity index (χ0n) is 9.15. The molecule has 1 aromatic rings. The van der Waals surface area contributed by atoms with Gasteiger partial charge in [0.15, 0.2) is 0 Å². The number of rotatable bonds is 4. The van der Waals surface area contributed by atoms with E-state index in [9.17, 15) is 36.9 Å². The van der Waals surface area contributed by atoms with Crippen LogP contribution in [0.5, 0.6) is 5.75 Å². The van der Waals surface area contributed by atoms with Gasteiger partial charge in [-0.05, 0) is 12.1 Å². The number of ether oxygens (including phenoxy) is 1. The lowest BCUT2D eigenvalue weighted by molar-refractivity contribution is -0.387. The number of halogens is 5. The SMILES string of the molecule is O=C(O)C(F)(F)Oc1ccc(C(F)(F)F)cc1[N+](=O)[O-]. The topological polar surface area (TPSA) is 89.7 Å². The van der Waals surface area contributed by atoms with Crippen molar-refractivity contribution in [1.29, 1.82) is 0 Å². The third kappa shape index (κ3) is 3.30. The molecule has 0 unspecified atom stereocenters. The van der Waals surface area contributed by atoms with E-state index in [-0.39, 0.29) is 18.2 Å². The highest BCUT2D eigenvalue weighted by atomic mass is 19.4. The largest absolute Gasteiger partial charge is 0.502 e. The van der Waals surface area contributed by atoms with Crippen molar-refractivity contribution >= 4 is 11.7 Å². The van der Waals surface area contributed by atoms with Crippen molar-refractivity contribution in [2.75, 3.05) is 0 Å². The Labute approximate surface area is 106 Å². The first-order valence-corrected chi connectivity index (χ1v) is 4.61. The average Bonchev–Trinajstić information content (AvgIpc) is 2.26. The Morgan fingerprint density at radius 2 is 1.80 bits per heavy atom. The minimum absolute atomic E-state index is 0.0345. The van der Waals surface area contributed by atoms with Crippen LogP contribution in [0.25, 0.3) is 0 Å². The van der Waals surface area contributed by atoms with Gasteiger partial charge >= 0.3 is 23.9 Å². The molecule has 0 aliphatic carbocycles. The van der Waals surface area contributed by atoms with Crippen LogP contribution in [0.3, 0.4) is 0 Å². The van der Waals surface area contributed by atoms with Crippen LogP contribution >= 0.6 is 0 Å². The van der Waals surface area contributed by atoms with E-state index in [4.69, 9.17) is 5.11 Å². The molecular formula is C9H4F5NO5. The monoisotopic (exact) mass is 301 g/mol. The van der Waals surface area contributed by atoms with Gasteiger partial charge in [0.05, 0.1) is 10.5 Å². The second kappa shape index (κ2) is 4.90. The summed E-state index contributed by atoms with van der Waals surface area (Å²) in [5.41, 5.74) is -2.89. The standard InChI is InChI=1S/C9H4F5NO5/c10-8(11,12)4-1-2-6(5(3-4)15(18)19)20-9(13,14)7(16)17/h1-3H,(H,16,17). The van der Waals surface area contributed by atoms with Crippen molar-refractivity contribution in [3.63, 3.8) is 0 Å². The molecule has 1 aromatic carbocycles. The normalized spacial score (nSPS) is 12.1. The van der Waals surface area contributed by atoms with E-state index < -0.39 is 40.2 Å². The van der Waals surface area contributed by atoms with Gasteiger partial charge in [0, 0.05) is 6.07 Å². The first kappa shape index (κ1) is 15.6. The maximum Gasteiger partial charge on any atom is 0.502 e. The molecule has 0 saturated heterocycles. The van der Waals surface area contributed by atoms with Crippen LogP contribution in [-0.2, 0) is 11.0 Å². The van der Waals surface area contributed by atoms with Crippen LogP contribution < -0.4 is 4.74 Å². The Hall–Kier alpha value is -2.46. The van der Waals surface area contributed by atoms with Crippen LogP contribution in [0.4, 0.5) is 27.6 Å². The third-order valence-electron chi connectivity index (χ3n) is 1.97. The second-order valence-corrected chi connectivity index (χ2v) is 3.36. The molecule has 20 heavy (non-hydrogen) atoms. The lowest BCUT2D eigenvalue weighted by Gasteiger charge is -2.14. The van der Waals surface area contributed by atoms with E-state index in [1.54, 1.807) is 0 Å². The smallest absolute Gasteiger partial charge is 0.474 e. The fourth-order valence-electron chi connectivity index (χ4n) is 1.10. The van der Waals surface area contributed by atoms with E-state index in [1.807, 2.05) is 0 Å². The molecule has 0 fully saturated rings. The Balaban J connectivity index is 3.28. The molecule has 0 aromatic heterocycles. The lowest BCUT2D eigenvalue weighted by atomic mass is 10.2. The molecule has 0 saturated carbocycles. The van der Waals surface area contributed by atoms with Gasteiger partial charge in [0.25, 0.3) is 0 Å². The maximum atomic E-state index is 12.7. The van der Waals surface area contributed by atoms with Crippen molar-refractivity contribution in [2.45, 2.75) is 12.3 Å². The number of carbonyl (C=O) groups is 1. The number of alkyl halides is 5. The Kier molecular flexibility index (Phi) is 3.82. The highest BCUT2D eigenvalue weighted by Crippen LogP contribution is 2.37. The maximum absolute atomic E-state index is 12.7. The molecule has 0 aliphatic heterocycles. The van der Waals surface area contributed by atoms with E-state index in [0.29, 0.717) is 0 Å². The summed E-state index contributed by atoms with van der Waals surface area (Å²) in [6.07, 6.45) is -9.75. The molecule has 0 spiro atoms. The number of nitro benzene ring substituents is 1. The van der Waals surface area contributed by atoms with Gasteiger partial charge in [0.1, 0.15) is 0 Å². The lowest BCUT2D eigenvalue weighted by Crippen LogP contribution is -2.35. The molecule has 0 bridgehead atoms. The number of aliphatic carboxylic acids is 1. The molecule has 0 heterocycles. The molecule has 1 N–H and O–H groups in total. The van der Waals surface area contributed by atoms with Crippen LogP contribution in [0.15, 0.2) is 18.2 Å². The first-order chi connectivity index (χ1) is 8.95. The minimum atomic E-state index is -4.93. The molecule has 0 radical (unpaired) electrons. The minimum Gasteiger partial charge on any atom is -0.474 e. The molecule has 1 rings (SSSR count). The van der Waals surface area contributed by atoms with Crippen LogP contribution in [-0.4, -0.2) is 22.1 Å². The Morgan fingerprint density at radius 3 is 2.20 bits per heavy atom. The van der Waals surface area contributed by atoms with Crippen LogP contribution in [0.2, 0.25) is 0 Å². The summed E-state index contributed by atoms with van der Waals surface area (Å²) in [5, 5.41) is 18.6. The predicted octanol–water partition coefficient (Wildman–Crippen LogP) is 2.67. The van der Waals surface area contributed by atoms with Crippen molar-refractivity contribution in [1.82, 2.24) is 0 Å². The molecule has 6 nitrogen and oxygen atoms in total. The Morgan fingerprint density at radius 1 is 1.25 bits per heavy atom. The van der Waals surface area contributed by atoms with E-state index in [1.165, 1.54) is 0 Å². The van der Waals surface area contributed by atoms with Crippen molar-refractivity contribution in [3.8, 4) is 5.75 Å². The van der Waals surface area contributed by atoms with Gasteiger partial charge in [-0.25, -0.2) is 4.79 Å². The van der Waals surface area contributed by atoms with Gasteiger partial charge in [0.2, 0.25) is 5.75 Å². The van der Waals surface area contributed by atoms with Gasteiger partial charge < -0.3 is 9.84 Å². The molecule has 11 heteroatoms. The zero-order chi connectivity index (χ0) is 15.7.